The van der Waals surface area contributed by atoms with E-state index in [0.29, 0.717) is 0 Å². The van der Waals surface area contributed by atoms with Crippen molar-refractivity contribution in [2.24, 2.45) is 0 Å². The van der Waals surface area contributed by atoms with Gasteiger partial charge in [-0.25, -0.2) is 8.78 Å². The maximum atomic E-state index is 13.5. The average Bonchev–Trinajstić information content (AvgIpc) is 2.70. The third-order valence-electron chi connectivity index (χ3n) is 3.94. The van der Waals surface area contributed by atoms with Crippen molar-refractivity contribution >= 4 is 11.6 Å². The Morgan fingerprint density at radius 1 is 1.20 bits per heavy atom. The number of benzene rings is 1. The fourth-order valence-corrected chi connectivity index (χ4v) is 2.63. The van der Waals surface area contributed by atoms with Crippen LogP contribution in [0.3, 0.4) is 0 Å². The van der Waals surface area contributed by atoms with E-state index in [0.717, 1.165) is 38.1 Å². The number of halogens is 2. The fraction of sp³-hybridized carbons (Fsp3) is 0.533. The smallest absolute Gasteiger partial charge is 0.282 e. The Morgan fingerprint density at radius 2 is 1.85 bits per heavy atom. The number of likely N-dealkylation sites (tertiary alicyclic amines) is 1. The predicted molar refractivity (Wildman–Crippen MR) is 73.6 cm³/mol. The summed E-state index contributed by atoms with van der Waals surface area (Å²) < 4.78 is 26.3. The van der Waals surface area contributed by atoms with Crippen molar-refractivity contribution in [1.82, 2.24) is 0 Å². The van der Waals surface area contributed by atoms with Gasteiger partial charge in [-0.3, -0.25) is 4.79 Å². The Hall–Kier alpha value is -1.49. The lowest BCUT2D eigenvalue weighted by Crippen LogP contribution is -3.16. The molecule has 1 heterocycles. The first-order valence-corrected chi connectivity index (χ1v) is 7.18. The van der Waals surface area contributed by atoms with Crippen molar-refractivity contribution in [3.63, 3.8) is 0 Å². The Kier molecular flexibility index (Phi) is 5.06. The quantitative estimate of drug-likeness (QED) is 0.870. The molecule has 110 valence electrons. The number of quaternary nitrogens is 1. The molecule has 2 rings (SSSR count). The molecule has 2 N–H and O–H groups in total. The van der Waals surface area contributed by atoms with E-state index in [2.05, 4.69) is 5.32 Å². The van der Waals surface area contributed by atoms with E-state index >= 15 is 0 Å². The van der Waals surface area contributed by atoms with E-state index < -0.39 is 11.6 Å². The van der Waals surface area contributed by atoms with Gasteiger partial charge < -0.3 is 10.2 Å². The van der Waals surface area contributed by atoms with E-state index in [1.54, 1.807) is 0 Å². The number of amides is 1. The number of nitrogens with one attached hydrogen (secondary N) is 2. The number of rotatable bonds is 3. The van der Waals surface area contributed by atoms with Gasteiger partial charge in [0.15, 0.2) is 6.04 Å². The minimum absolute atomic E-state index is 0.0393. The van der Waals surface area contributed by atoms with Gasteiger partial charge in [0.1, 0.15) is 11.6 Å². The van der Waals surface area contributed by atoms with E-state index in [1.807, 2.05) is 6.92 Å². The van der Waals surface area contributed by atoms with E-state index in [4.69, 9.17) is 0 Å². The zero-order valence-corrected chi connectivity index (χ0v) is 11.7. The van der Waals surface area contributed by atoms with Gasteiger partial charge >= 0.3 is 0 Å². The van der Waals surface area contributed by atoms with Crippen LogP contribution < -0.4 is 10.2 Å². The molecule has 1 amide bonds. The van der Waals surface area contributed by atoms with Crippen LogP contribution in [0, 0.1) is 11.6 Å². The van der Waals surface area contributed by atoms with Crippen molar-refractivity contribution in [2.45, 2.75) is 38.6 Å². The van der Waals surface area contributed by atoms with Gasteiger partial charge in [0.05, 0.1) is 18.8 Å². The van der Waals surface area contributed by atoms with Crippen LogP contribution in [-0.4, -0.2) is 25.0 Å². The number of carbonyl (C=O) groups is 1. The summed E-state index contributed by atoms with van der Waals surface area (Å²) in [6.45, 7) is 3.80. The second-order valence-electron chi connectivity index (χ2n) is 5.41. The topological polar surface area (TPSA) is 33.5 Å². The summed E-state index contributed by atoms with van der Waals surface area (Å²) in [5.74, 6) is -1.60. The van der Waals surface area contributed by atoms with Crippen LogP contribution in [-0.2, 0) is 4.79 Å². The molecule has 1 fully saturated rings. The highest BCUT2D eigenvalue weighted by Gasteiger charge is 2.26. The van der Waals surface area contributed by atoms with E-state index in [9.17, 15) is 13.6 Å². The second kappa shape index (κ2) is 6.79. The SMILES string of the molecule is C[C@H](C(=O)Nc1ccc(F)cc1F)[NH+]1CCCCCC1. The highest BCUT2D eigenvalue weighted by atomic mass is 19.1. The van der Waals surface area contributed by atoms with Crippen molar-refractivity contribution < 1.29 is 18.5 Å². The highest BCUT2D eigenvalue weighted by Crippen LogP contribution is 2.14. The van der Waals surface area contributed by atoms with E-state index in [-0.39, 0.29) is 17.6 Å². The molecule has 1 saturated heterocycles. The number of hydrogen-bond donors (Lipinski definition) is 2. The summed E-state index contributed by atoms with van der Waals surface area (Å²) in [6.07, 6.45) is 4.67. The zero-order chi connectivity index (χ0) is 14.5. The van der Waals surface area contributed by atoms with Gasteiger partial charge in [0, 0.05) is 6.07 Å². The molecule has 5 heteroatoms. The molecule has 1 atom stereocenters. The minimum atomic E-state index is -0.739. The first kappa shape index (κ1) is 14.9. The summed E-state index contributed by atoms with van der Waals surface area (Å²) in [6, 6.07) is 2.95. The van der Waals surface area contributed by atoms with Crippen LogP contribution in [0.2, 0.25) is 0 Å². The van der Waals surface area contributed by atoms with Gasteiger partial charge in [-0.1, -0.05) is 0 Å². The average molecular weight is 283 g/mol. The normalized spacial score (nSPS) is 18.4. The van der Waals surface area contributed by atoms with Gasteiger partial charge in [0.2, 0.25) is 0 Å². The molecule has 1 aliphatic rings. The lowest BCUT2D eigenvalue weighted by Gasteiger charge is -2.23. The first-order valence-electron chi connectivity index (χ1n) is 7.18. The number of anilines is 1. The van der Waals surface area contributed by atoms with Crippen LogP contribution in [0.1, 0.15) is 32.6 Å². The van der Waals surface area contributed by atoms with Gasteiger partial charge in [0.25, 0.3) is 5.91 Å². The van der Waals surface area contributed by atoms with Crippen LogP contribution >= 0.6 is 0 Å². The molecule has 0 aliphatic carbocycles. The molecule has 0 spiro atoms. The maximum Gasteiger partial charge on any atom is 0.282 e. The predicted octanol–water partition coefficient (Wildman–Crippen LogP) is 1.75. The van der Waals surface area contributed by atoms with Crippen molar-refractivity contribution in [3.8, 4) is 0 Å². The van der Waals surface area contributed by atoms with Crippen molar-refractivity contribution in [1.29, 1.82) is 0 Å². The van der Waals surface area contributed by atoms with Crippen molar-refractivity contribution in [2.75, 3.05) is 18.4 Å². The van der Waals surface area contributed by atoms with E-state index in [1.165, 1.54) is 23.8 Å². The Balaban J connectivity index is 1.99. The third kappa shape index (κ3) is 3.76. The number of hydrogen-bond acceptors (Lipinski definition) is 1. The lowest BCUT2D eigenvalue weighted by atomic mass is 10.2. The molecule has 0 aromatic heterocycles. The molecule has 1 aromatic rings. The first-order chi connectivity index (χ1) is 9.58. The molecule has 3 nitrogen and oxygen atoms in total. The molecule has 0 saturated carbocycles. The highest BCUT2D eigenvalue weighted by molar-refractivity contribution is 5.93. The Bertz CT molecular complexity index is 471. The van der Waals surface area contributed by atoms with Crippen LogP contribution in [0.15, 0.2) is 18.2 Å². The Morgan fingerprint density at radius 3 is 2.45 bits per heavy atom. The molecule has 0 unspecified atom stereocenters. The largest absolute Gasteiger partial charge is 0.325 e. The van der Waals surface area contributed by atoms with Gasteiger partial charge in [-0.15, -0.1) is 0 Å². The molecule has 0 bridgehead atoms. The van der Waals surface area contributed by atoms with Gasteiger partial charge in [-0.2, -0.15) is 0 Å². The standard InChI is InChI=1S/C15H20F2N2O/c1-11(19-8-4-2-3-5-9-19)15(20)18-14-7-6-12(16)10-13(14)17/h6-7,10-11H,2-5,8-9H2,1H3,(H,18,20)/p+1/t11-/m1/s1. The summed E-state index contributed by atoms with van der Waals surface area (Å²) in [5, 5.41) is 2.55. The molecular formula is C15H21F2N2O+. The summed E-state index contributed by atoms with van der Waals surface area (Å²) in [5.41, 5.74) is 0.0393. The molecule has 1 aromatic carbocycles. The monoisotopic (exact) mass is 283 g/mol. The minimum Gasteiger partial charge on any atom is -0.325 e. The molecular weight excluding hydrogens is 262 g/mol. The molecule has 0 radical (unpaired) electrons. The van der Waals surface area contributed by atoms with Crippen LogP contribution in [0.5, 0.6) is 0 Å². The molecule has 20 heavy (non-hydrogen) atoms. The second-order valence-corrected chi connectivity index (χ2v) is 5.41. The van der Waals surface area contributed by atoms with Crippen molar-refractivity contribution in [3.05, 3.63) is 29.8 Å². The summed E-state index contributed by atoms with van der Waals surface area (Å²) in [4.78, 5) is 13.4. The third-order valence-corrected chi connectivity index (χ3v) is 3.94. The van der Waals surface area contributed by atoms with Crippen LogP contribution in [0.25, 0.3) is 0 Å². The zero-order valence-electron chi connectivity index (χ0n) is 11.7. The maximum absolute atomic E-state index is 13.5. The molecule has 1 aliphatic heterocycles. The number of carbonyl (C=O) groups excluding carboxylic acids is 1. The summed E-state index contributed by atoms with van der Waals surface area (Å²) in [7, 11) is 0. The lowest BCUT2D eigenvalue weighted by molar-refractivity contribution is -0.913. The fourth-order valence-electron chi connectivity index (χ4n) is 2.63. The van der Waals surface area contributed by atoms with Crippen LogP contribution in [0.4, 0.5) is 14.5 Å². The van der Waals surface area contributed by atoms with Gasteiger partial charge in [-0.05, 0) is 44.7 Å². The summed E-state index contributed by atoms with van der Waals surface area (Å²) >= 11 is 0. The Labute approximate surface area is 118 Å².